The van der Waals surface area contributed by atoms with Crippen LogP contribution in [-0.4, -0.2) is 33.1 Å². The van der Waals surface area contributed by atoms with Gasteiger partial charge in [0.15, 0.2) is 0 Å². The highest BCUT2D eigenvalue weighted by molar-refractivity contribution is 5.38. The lowest BCUT2D eigenvalue weighted by atomic mass is 9.61. The molecule has 0 unspecified atom stereocenters. The smallest absolute Gasteiger partial charge is 0.0825 e. The lowest BCUT2D eigenvalue weighted by Gasteiger charge is -2.44. The van der Waals surface area contributed by atoms with E-state index in [2.05, 4.69) is 44.7 Å². The normalized spacial score (nSPS) is 36.9. The monoisotopic (exact) mass is 454 g/mol. The van der Waals surface area contributed by atoms with Crippen molar-refractivity contribution >= 4 is 0 Å². The molecule has 0 amide bonds. The molecule has 6 atom stereocenters. The maximum Gasteiger partial charge on any atom is 0.0825 e. The van der Waals surface area contributed by atoms with Crippen molar-refractivity contribution in [1.29, 1.82) is 0 Å². The number of hydrogen-bond acceptors (Lipinski definition) is 3. The minimum Gasteiger partial charge on any atom is -0.393 e. The lowest BCUT2D eigenvalue weighted by Crippen LogP contribution is -2.35. The molecule has 184 valence electrons. The van der Waals surface area contributed by atoms with Crippen LogP contribution >= 0.6 is 0 Å². The second-order valence-corrected chi connectivity index (χ2v) is 11.1. The van der Waals surface area contributed by atoms with E-state index < -0.39 is 17.8 Å². The Kier molecular flexibility index (Phi) is 8.64. The minimum atomic E-state index is -0.689. The van der Waals surface area contributed by atoms with E-state index in [0.717, 1.165) is 30.4 Å². The molecule has 3 heteroatoms. The number of hydrogen-bond donors (Lipinski definition) is 3. The van der Waals surface area contributed by atoms with E-state index in [1.54, 1.807) is 0 Å². The Morgan fingerprint density at radius 3 is 2.58 bits per heavy atom. The Morgan fingerprint density at radius 1 is 1.15 bits per heavy atom. The zero-order valence-electron chi connectivity index (χ0n) is 21.3. The summed E-state index contributed by atoms with van der Waals surface area (Å²) in [7, 11) is 0. The average molecular weight is 455 g/mol. The average Bonchev–Trinajstić information content (AvgIpc) is 3.15. The molecule has 0 saturated heterocycles. The molecule has 3 fully saturated rings. The van der Waals surface area contributed by atoms with E-state index >= 15 is 0 Å². The molecule has 0 heterocycles. The first-order valence-electron chi connectivity index (χ1n) is 13.2. The van der Waals surface area contributed by atoms with Crippen LogP contribution in [0.4, 0.5) is 0 Å². The zero-order valence-corrected chi connectivity index (χ0v) is 21.3. The van der Waals surface area contributed by atoms with E-state index in [9.17, 15) is 15.3 Å². The van der Waals surface area contributed by atoms with Crippen LogP contribution < -0.4 is 0 Å². The summed E-state index contributed by atoms with van der Waals surface area (Å²) in [6, 6.07) is 0. The first-order valence-corrected chi connectivity index (χ1v) is 13.2. The van der Waals surface area contributed by atoms with Crippen molar-refractivity contribution in [3.8, 4) is 0 Å². The summed E-state index contributed by atoms with van der Waals surface area (Å²) in [6.45, 7) is 13.0. The predicted octanol–water partition coefficient (Wildman–Crippen LogP) is 6.43. The van der Waals surface area contributed by atoms with Crippen molar-refractivity contribution in [2.24, 2.45) is 23.2 Å². The van der Waals surface area contributed by atoms with Crippen LogP contribution in [0.25, 0.3) is 0 Å². The summed E-state index contributed by atoms with van der Waals surface area (Å²) in [6.07, 6.45) is 20.3. The van der Waals surface area contributed by atoms with Gasteiger partial charge in [0, 0.05) is 6.42 Å². The van der Waals surface area contributed by atoms with Gasteiger partial charge in [-0.1, -0.05) is 76.3 Å². The Balaban J connectivity index is 1.72. The van der Waals surface area contributed by atoms with Gasteiger partial charge in [0.1, 0.15) is 0 Å². The number of aliphatic hydroxyl groups excluding tert-OH is 2. The van der Waals surface area contributed by atoms with E-state index in [1.807, 2.05) is 26.0 Å². The first-order chi connectivity index (χ1) is 15.6. The van der Waals surface area contributed by atoms with Gasteiger partial charge in [-0.25, -0.2) is 0 Å². The molecule has 3 nitrogen and oxygen atoms in total. The van der Waals surface area contributed by atoms with Gasteiger partial charge in [-0.2, -0.15) is 0 Å². The van der Waals surface area contributed by atoms with Gasteiger partial charge in [-0.15, -0.1) is 0 Å². The molecule has 3 aliphatic rings. The summed E-state index contributed by atoms with van der Waals surface area (Å²) >= 11 is 0. The first kappa shape index (κ1) is 26.2. The lowest BCUT2D eigenvalue weighted by molar-refractivity contribution is 0.0827. The quantitative estimate of drug-likeness (QED) is 0.389. The molecule has 3 N–H and O–H groups in total. The van der Waals surface area contributed by atoms with Gasteiger partial charge in [0.25, 0.3) is 0 Å². The summed E-state index contributed by atoms with van der Waals surface area (Å²) in [5.74, 6) is 1.77. The van der Waals surface area contributed by atoms with Crippen LogP contribution in [0, 0.1) is 23.2 Å². The van der Waals surface area contributed by atoms with Crippen molar-refractivity contribution in [2.75, 3.05) is 0 Å². The van der Waals surface area contributed by atoms with Crippen LogP contribution in [0.3, 0.4) is 0 Å². The molecular formula is C30H46O3. The third-order valence-electron chi connectivity index (χ3n) is 9.09. The van der Waals surface area contributed by atoms with Gasteiger partial charge < -0.3 is 15.3 Å². The fourth-order valence-electron chi connectivity index (χ4n) is 6.70. The summed E-state index contributed by atoms with van der Waals surface area (Å²) in [5, 5.41) is 30.7. The molecular weight excluding hydrogens is 408 g/mol. The Labute approximate surface area is 201 Å². The Hall–Kier alpha value is -1.42. The second-order valence-electron chi connectivity index (χ2n) is 11.1. The van der Waals surface area contributed by atoms with Gasteiger partial charge >= 0.3 is 0 Å². The maximum atomic E-state index is 10.5. The molecule has 0 aliphatic heterocycles. The van der Waals surface area contributed by atoms with E-state index in [0.29, 0.717) is 36.0 Å². The highest BCUT2D eigenvalue weighted by atomic mass is 16.3. The second kappa shape index (κ2) is 10.9. The number of aliphatic hydroxyl groups is 3. The van der Waals surface area contributed by atoms with Crippen LogP contribution in [0.2, 0.25) is 0 Å². The predicted molar refractivity (Wildman–Crippen MR) is 138 cm³/mol. The fraction of sp³-hybridized carbons (Fsp3) is 0.667. The third-order valence-corrected chi connectivity index (χ3v) is 9.09. The van der Waals surface area contributed by atoms with Crippen molar-refractivity contribution < 1.29 is 15.3 Å². The SMILES string of the molecule is C=C1/C(=C\C=C2\CCC[C@]3(C)[C@@H]2CC[C@@H]3[C@H](C)/C=C/C=C/C(O)(CC)CC)C[C@H](O)C[C@H]1O. The van der Waals surface area contributed by atoms with Crippen molar-refractivity contribution in [3.05, 3.63) is 59.8 Å². The van der Waals surface area contributed by atoms with E-state index in [4.69, 9.17) is 0 Å². The summed E-state index contributed by atoms with van der Waals surface area (Å²) in [4.78, 5) is 0. The third kappa shape index (κ3) is 5.81. The molecule has 0 aromatic heterocycles. The Morgan fingerprint density at radius 2 is 1.88 bits per heavy atom. The highest BCUT2D eigenvalue weighted by Gasteiger charge is 2.50. The molecule has 0 bridgehead atoms. The van der Waals surface area contributed by atoms with Crippen LogP contribution in [0.5, 0.6) is 0 Å². The topological polar surface area (TPSA) is 60.7 Å². The van der Waals surface area contributed by atoms with Gasteiger partial charge in [-0.05, 0) is 85.7 Å². The maximum absolute atomic E-state index is 10.5. The van der Waals surface area contributed by atoms with E-state index in [-0.39, 0.29) is 0 Å². The molecule has 0 radical (unpaired) electrons. The molecule has 3 rings (SSSR count). The summed E-state index contributed by atoms with van der Waals surface area (Å²) < 4.78 is 0. The molecule has 33 heavy (non-hydrogen) atoms. The molecule has 3 saturated carbocycles. The van der Waals surface area contributed by atoms with Gasteiger partial charge in [0.05, 0.1) is 17.8 Å². The van der Waals surface area contributed by atoms with Crippen LogP contribution in [0.15, 0.2) is 59.8 Å². The van der Waals surface area contributed by atoms with Crippen molar-refractivity contribution in [2.45, 2.75) is 103 Å². The largest absolute Gasteiger partial charge is 0.393 e. The van der Waals surface area contributed by atoms with Crippen LogP contribution in [-0.2, 0) is 0 Å². The minimum absolute atomic E-state index is 0.312. The van der Waals surface area contributed by atoms with Gasteiger partial charge in [-0.3, -0.25) is 0 Å². The molecule has 0 spiro atoms. The number of fused-ring (bicyclic) bond motifs is 1. The standard InChI is InChI=1S/C30H46O3/c1-6-30(33,7-2)18-9-8-11-21(3)26-15-16-27-23(12-10-17-29(26,27)5)13-14-24-19-25(31)20-28(32)22(24)4/h8-9,11,13-14,18,21,25-28,31-33H,4,6-7,10,12,15-17,19-20H2,1-3,5H3/b11-8+,18-9+,23-13-,24-14-/t21-,25+,26-,27-,28-,29+/m1/s1. The summed E-state index contributed by atoms with van der Waals surface area (Å²) in [5.41, 5.74) is 2.92. The van der Waals surface area contributed by atoms with E-state index in [1.165, 1.54) is 31.3 Å². The van der Waals surface area contributed by atoms with Crippen LogP contribution in [0.1, 0.15) is 85.5 Å². The molecule has 0 aromatic carbocycles. The highest BCUT2D eigenvalue weighted by Crippen LogP contribution is 2.59. The fourth-order valence-corrected chi connectivity index (χ4v) is 6.70. The van der Waals surface area contributed by atoms with Crippen molar-refractivity contribution in [3.63, 3.8) is 0 Å². The molecule has 3 aliphatic carbocycles. The number of rotatable bonds is 7. The Bertz CT molecular complexity index is 812. The molecule has 0 aromatic rings. The van der Waals surface area contributed by atoms with Crippen molar-refractivity contribution in [1.82, 2.24) is 0 Å². The van der Waals surface area contributed by atoms with Gasteiger partial charge in [0.2, 0.25) is 0 Å². The number of allylic oxidation sites excluding steroid dienone is 6. The zero-order chi connectivity index (χ0) is 24.2.